The van der Waals surface area contributed by atoms with Crippen LogP contribution < -0.4 is 0 Å². The molecule has 0 aromatic carbocycles. The van der Waals surface area contributed by atoms with E-state index in [1.54, 1.807) is 0 Å². The van der Waals surface area contributed by atoms with E-state index in [1.165, 1.54) is 5.56 Å². The van der Waals surface area contributed by atoms with Crippen molar-refractivity contribution in [3.63, 3.8) is 0 Å². The minimum absolute atomic E-state index is 0.996. The molecule has 1 aromatic rings. The minimum Gasteiger partial charge on any atom is -0.257 e. The van der Waals surface area contributed by atoms with Gasteiger partial charge in [0.2, 0.25) is 0 Å². The van der Waals surface area contributed by atoms with Gasteiger partial charge in [-0.2, -0.15) is 0 Å². The van der Waals surface area contributed by atoms with E-state index in [0.717, 1.165) is 16.8 Å². The molecular weight excluding hydrogens is 206 g/mol. The lowest BCUT2D eigenvalue weighted by atomic mass is 10.1. The molecule has 1 rings (SSSR count). The summed E-state index contributed by atoms with van der Waals surface area (Å²) in [6, 6.07) is 4.01. The second-order valence-corrected chi connectivity index (χ2v) is 3.97. The molecule has 0 saturated carbocycles. The smallest absolute Gasteiger partial charge is 0.0664 e. The van der Waals surface area contributed by atoms with Gasteiger partial charge in [0.15, 0.2) is 0 Å². The van der Waals surface area contributed by atoms with Crippen LogP contribution in [0.2, 0.25) is 0 Å². The molecule has 0 fully saturated rings. The highest BCUT2D eigenvalue weighted by Gasteiger charge is 1.98. The quantitative estimate of drug-likeness (QED) is 0.688. The largest absolute Gasteiger partial charge is 0.257 e. The number of allylic oxidation sites excluding steroid dienone is 6. The number of hydrogen-bond donors (Lipinski definition) is 0. The Morgan fingerprint density at radius 3 is 2.71 bits per heavy atom. The first-order valence-electron chi connectivity index (χ1n) is 5.73. The van der Waals surface area contributed by atoms with Crippen molar-refractivity contribution in [3.8, 4) is 0 Å². The summed E-state index contributed by atoms with van der Waals surface area (Å²) in [7, 11) is 0. The summed E-state index contributed by atoms with van der Waals surface area (Å²) in [4.78, 5) is 4.36. The molecule has 0 aliphatic rings. The van der Waals surface area contributed by atoms with Crippen LogP contribution >= 0.6 is 0 Å². The fourth-order valence-electron chi connectivity index (χ4n) is 1.38. The van der Waals surface area contributed by atoms with E-state index in [1.807, 2.05) is 44.3 Å². The lowest BCUT2D eigenvalue weighted by Crippen LogP contribution is -1.87. The molecule has 1 nitrogen and oxygen atoms in total. The standard InChI is InChI=1S/C16H19N/c1-5-6-7-10-15(13(2)3)12-16-14(4)9-8-11-17-16/h5-12H,2H2,1,3-4H3/b6-5-,10-7-,15-12-. The van der Waals surface area contributed by atoms with Gasteiger partial charge in [0.05, 0.1) is 5.69 Å². The average molecular weight is 225 g/mol. The first-order chi connectivity index (χ1) is 8.15. The number of pyridine rings is 1. The zero-order chi connectivity index (χ0) is 12.7. The Bertz CT molecular complexity index is 476. The number of nitrogens with zero attached hydrogens (tertiary/aromatic N) is 1. The molecular formula is C16H19N. The number of aryl methyl sites for hydroxylation is 1. The SMILES string of the molecule is C=C(C)C(/C=C\C=C/C)=C\c1ncccc1C. The number of aromatic nitrogens is 1. The van der Waals surface area contributed by atoms with Crippen molar-refractivity contribution in [2.75, 3.05) is 0 Å². The molecule has 0 unspecified atom stereocenters. The summed E-state index contributed by atoms with van der Waals surface area (Å²) in [5, 5.41) is 0. The van der Waals surface area contributed by atoms with E-state index in [2.05, 4.69) is 36.7 Å². The Hall–Kier alpha value is -1.89. The zero-order valence-corrected chi connectivity index (χ0v) is 10.8. The fourth-order valence-corrected chi connectivity index (χ4v) is 1.38. The molecule has 0 aliphatic carbocycles. The Morgan fingerprint density at radius 1 is 1.35 bits per heavy atom. The summed E-state index contributed by atoms with van der Waals surface area (Å²) in [6.45, 7) is 10.1. The maximum Gasteiger partial charge on any atom is 0.0664 e. The van der Waals surface area contributed by atoms with Crippen LogP contribution in [0.5, 0.6) is 0 Å². The predicted molar refractivity (Wildman–Crippen MR) is 75.7 cm³/mol. The van der Waals surface area contributed by atoms with Gasteiger partial charge in [-0.25, -0.2) is 0 Å². The van der Waals surface area contributed by atoms with Gasteiger partial charge in [0, 0.05) is 6.20 Å². The Morgan fingerprint density at radius 2 is 2.12 bits per heavy atom. The summed E-state index contributed by atoms with van der Waals surface area (Å²) < 4.78 is 0. The van der Waals surface area contributed by atoms with Crippen molar-refractivity contribution < 1.29 is 0 Å². The first kappa shape index (κ1) is 13.2. The average Bonchev–Trinajstić information content (AvgIpc) is 2.30. The number of rotatable bonds is 4. The van der Waals surface area contributed by atoms with E-state index < -0.39 is 0 Å². The maximum absolute atomic E-state index is 4.36. The van der Waals surface area contributed by atoms with Crippen LogP contribution in [0.15, 0.2) is 60.4 Å². The third-order valence-electron chi connectivity index (χ3n) is 2.41. The normalized spacial score (nSPS) is 12.5. The molecule has 1 aromatic heterocycles. The Kier molecular flexibility index (Phi) is 5.15. The lowest BCUT2D eigenvalue weighted by Gasteiger charge is -2.03. The summed E-state index contributed by atoms with van der Waals surface area (Å²) in [6.07, 6.45) is 11.9. The molecule has 0 radical (unpaired) electrons. The molecule has 0 aliphatic heterocycles. The lowest BCUT2D eigenvalue weighted by molar-refractivity contribution is 1.23. The molecule has 0 spiro atoms. The van der Waals surface area contributed by atoms with Crippen LogP contribution in [0.3, 0.4) is 0 Å². The molecule has 0 bridgehead atoms. The van der Waals surface area contributed by atoms with E-state index >= 15 is 0 Å². The van der Waals surface area contributed by atoms with Gasteiger partial charge in [0.25, 0.3) is 0 Å². The van der Waals surface area contributed by atoms with Crippen molar-refractivity contribution in [2.45, 2.75) is 20.8 Å². The van der Waals surface area contributed by atoms with Crippen LogP contribution in [-0.2, 0) is 0 Å². The van der Waals surface area contributed by atoms with Gasteiger partial charge >= 0.3 is 0 Å². The van der Waals surface area contributed by atoms with Crippen molar-refractivity contribution in [2.24, 2.45) is 0 Å². The third-order valence-corrected chi connectivity index (χ3v) is 2.41. The highest BCUT2D eigenvalue weighted by Crippen LogP contribution is 2.15. The van der Waals surface area contributed by atoms with Gasteiger partial charge < -0.3 is 0 Å². The van der Waals surface area contributed by atoms with Crippen LogP contribution in [0.4, 0.5) is 0 Å². The maximum atomic E-state index is 4.36. The van der Waals surface area contributed by atoms with Crippen molar-refractivity contribution in [3.05, 3.63) is 71.6 Å². The summed E-state index contributed by atoms with van der Waals surface area (Å²) >= 11 is 0. The Labute approximate surface area is 104 Å². The zero-order valence-electron chi connectivity index (χ0n) is 10.8. The van der Waals surface area contributed by atoms with E-state index in [9.17, 15) is 0 Å². The molecule has 0 N–H and O–H groups in total. The molecule has 1 heterocycles. The second-order valence-electron chi connectivity index (χ2n) is 3.97. The summed E-state index contributed by atoms with van der Waals surface area (Å²) in [5.41, 5.74) is 4.31. The van der Waals surface area contributed by atoms with Gasteiger partial charge in [-0.1, -0.05) is 42.5 Å². The fraction of sp³-hybridized carbons (Fsp3) is 0.188. The Balaban J connectivity index is 3.07. The van der Waals surface area contributed by atoms with Crippen molar-refractivity contribution in [1.82, 2.24) is 4.98 Å². The van der Waals surface area contributed by atoms with Gasteiger partial charge in [0.1, 0.15) is 0 Å². The van der Waals surface area contributed by atoms with E-state index in [4.69, 9.17) is 0 Å². The minimum atomic E-state index is 0.996. The molecule has 0 amide bonds. The van der Waals surface area contributed by atoms with Gasteiger partial charge in [-0.3, -0.25) is 4.98 Å². The van der Waals surface area contributed by atoms with Gasteiger partial charge in [-0.05, 0) is 44.1 Å². The highest BCUT2D eigenvalue weighted by atomic mass is 14.7. The summed E-state index contributed by atoms with van der Waals surface area (Å²) in [5.74, 6) is 0. The van der Waals surface area contributed by atoms with Crippen LogP contribution in [-0.4, -0.2) is 4.98 Å². The van der Waals surface area contributed by atoms with Crippen LogP contribution in [0, 0.1) is 6.92 Å². The van der Waals surface area contributed by atoms with Crippen molar-refractivity contribution in [1.29, 1.82) is 0 Å². The van der Waals surface area contributed by atoms with E-state index in [0.29, 0.717) is 0 Å². The second kappa shape index (κ2) is 6.64. The number of hydrogen-bond acceptors (Lipinski definition) is 1. The topological polar surface area (TPSA) is 12.9 Å². The molecule has 17 heavy (non-hydrogen) atoms. The molecule has 1 heteroatoms. The van der Waals surface area contributed by atoms with Crippen molar-refractivity contribution >= 4 is 6.08 Å². The van der Waals surface area contributed by atoms with E-state index in [-0.39, 0.29) is 0 Å². The predicted octanol–water partition coefficient (Wildman–Crippen LogP) is 4.48. The molecule has 0 atom stereocenters. The third kappa shape index (κ3) is 4.23. The highest BCUT2D eigenvalue weighted by molar-refractivity contribution is 5.61. The molecule has 0 saturated heterocycles. The van der Waals surface area contributed by atoms with Crippen LogP contribution in [0.25, 0.3) is 6.08 Å². The monoisotopic (exact) mass is 225 g/mol. The molecule has 88 valence electrons. The van der Waals surface area contributed by atoms with Gasteiger partial charge in [-0.15, -0.1) is 0 Å². The first-order valence-corrected chi connectivity index (χ1v) is 5.73. The van der Waals surface area contributed by atoms with Crippen LogP contribution in [0.1, 0.15) is 25.1 Å².